The maximum absolute atomic E-state index is 10.5. The summed E-state index contributed by atoms with van der Waals surface area (Å²) in [4.78, 5) is 14.3. The Morgan fingerprint density at radius 3 is 2.40 bits per heavy atom. The SMILES string of the molecule is Cc1nc(C(N)=O)c(C)o1. The number of hydrogen-bond donors (Lipinski definition) is 1. The highest BCUT2D eigenvalue weighted by Gasteiger charge is 2.10. The predicted octanol–water partition coefficient (Wildman–Crippen LogP) is 0.390. The van der Waals surface area contributed by atoms with E-state index in [1.165, 1.54) is 0 Å². The summed E-state index contributed by atoms with van der Waals surface area (Å²) in [5, 5.41) is 0. The van der Waals surface area contributed by atoms with Crippen LogP contribution in [0.1, 0.15) is 22.1 Å². The molecule has 1 aromatic rings. The van der Waals surface area contributed by atoms with Crippen LogP contribution in [-0.2, 0) is 0 Å². The van der Waals surface area contributed by atoms with Crippen LogP contribution < -0.4 is 5.73 Å². The fraction of sp³-hybridized carbons (Fsp3) is 0.333. The van der Waals surface area contributed by atoms with Gasteiger partial charge in [-0.15, -0.1) is 0 Å². The summed E-state index contributed by atoms with van der Waals surface area (Å²) >= 11 is 0. The van der Waals surface area contributed by atoms with Gasteiger partial charge in [0.05, 0.1) is 0 Å². The number of nitrogens with two attached hydrogens (primary N) is 1. The van der Waals surface area contributed by atoms with Gasteiger partial charge in [-0.1, -0.05) is 0 Å². The molecule has 54 valence electrons. The molecule has 0 aliphatic heterocycles. The van der Waals surface area contributed by atoms with E-state index in [2.05, 4.69) is 4.98 Å². The maximum atomic E-state index is 10.5. The van der Waals surface area contributed by atoms with Crippen LogP contribution in [0.25, 0.3) is 0 Å². The first kappa shape index (κ1) is 6.80. The Balaban J connectivity index is 3.15. The van der Waals surface area contributed by atoms with Crippen molar-refractivity contribution in [2.24, 2.45) is 5.73 Å². The van der Waals surface area contributed by atoms with Gasteiger partial charge in [0.25, 0.3) is 5.91 Å². The van der Waals surface area contributed by atoms with E-state index in [0.717, 1.165) is 0 Å². The van der Waals surface area contributed by atoms with Gasteiger partial charge in [0, 0.05) is 6.92 Å². The van der Waals surface area contributed by atoms with E-state index in [1.54, 1.807) is 13.8 Å². The number of primary amides is 1. The number of nitrogens with zero attached hydrogens (tertiary/aromatic N) is 1. The van der Waals surface area contributed by atoms with E-state index in [9.17, 15) is 4.79 Å². The Kier molecular flexibility index (Phi) is 1.45. The summed E-state index contributed by atoms with van der Waals surface area (Å²) in [6, 6.07) is 0. The van der Waals surface area contributed by atoms with Crippen LogP contribution in [0.2, 0.25) is 0 Å². The van der Waals surface area contributed by atoms with Gasteiger partial charge >= 0.3 is 0 Å². The second kappa shape index (κ2) is 2.13. The number of aryl methyl sites for hydroxylation is 2. The molecule has 0 aliphatic carbocycles. The molecule has 0 aliphatic rings. The molecule has 0 atom stereocenters. The molecule has 1 amide bonds. The second-order valence-corrected chi connectivity index (χ2v) is 2.00. The number of oxazole rings is 1. The number of rotatable bonds is 1. The topological polar surface area (TPSA) is 69.1 Å². The zero-order valence-electron chi connectivity index (χ0n) is 5.84. The summed E-state index contributed by atoms with van der Waals surface area (Å²) in [6.45, 7) is 3.32. The van der Waals surface area contributed by atoms with Gasteiger partial charge in [0.2, 0.25) is 0 Å². The smallest absolute Gasteiger partial charge is 0.270 e. The zero-order valence-corrected chi connectivity index (χ0v) is 5.84. The van der Waals surface area contributed by atoms with E-state index in [-0.39, 0.29) is 5.69 Å². The molecule has 0 unspecified atom stereocenters. The highest BCUT2D eigenvalue weighted by molar-refractivity contribution is 5.91. The molecule has 0 saturated heterocycles. The van der Waals surface area contributed by atoms with Crippen LogP contribution in [0.3, 0.4) is 0 Å². The Hall–Kier alpha value is -1.32. The van der Waals surface area contributed by atoms with E-state index < -0.39 is 5.91 Å². The average molecular weight is 140 g/mol. The third-order valence-corrected chi connectivity index (χ3v) is 1.14. The van der Waals surface area contributed by atoms with Gasteiger partial charge in [-0.2, -0.15) is 0 Å². The van der Waals surface area contributed by atoms with Crippen molar-refractivity contribution in [2.45, 2.75) is 13.8 Å². The molecule has 1 rings (SSSR count). The largest absolute Gasteiger partial charge is 0.445 e. The van der Waals surface area contributed by atoms with Gasteiger partial charge in [-0.05, 0) is 6.92 Å². The predicted molar refractivity (Wildman–Crippen MR) is 34.5 cm³/mol. The van der Waals surface area contributed by atoms with E-state index >= 15 is 0 Å². The molecule has 1 aromatic heterocycles. The molecular weight excluding hydrogens is 132 g/mol. The second-order valence-electron chi connectivity index (χ2n) is 2.00. The number of amides is 1. The molecule has 0 spiro atoms. The highest BCUT2D eigenvalue weighted by Crippen LogP contribution is 2.06. The Bertz CT molecular complexity index is 265. The first-order chi connectivity index (χ1) is 4.61. The van der Waals surface area contributed by atoms with Gasteiger partial charge in [-0.25, -0.2) is 4.98 Å². The fourth-order valence-electron chi connectivity index (χ4n) is 0.757. The van der Waals surface area contributed by atoms with Crippen molar-refractivity contribution in [3.05, 3.63) is 17.3 Å². The monoisotopic (exact) mass is 140 g/mol. The summed E-state index contributed by atoms with van der Waals surface area (Å²) in [6.07, 6.45) is 0. The lowest BCUT2D eigenvalue weighted by Gasteiger charge is -1.84. The molecule has 0 bridgehead atoms. The van der Waals surface area contributed by atoms with Crippen LogP contribution in [0, 0.1) is 13.8 Å². The number of aromatic nitrogens is 1. The molecule has 4 heteroatoms. The van der Waals surface area contributed by atoms with Crippen LogP contribution in [-0.4, -0.2) is 10.9 Å². The molecule has 0 fully saturated rings. The van der Waals surface area contributed by atoms with Crippen molar-refractivity contribution in [1.82, 2.24) is 4.98 Å². The van der Waals surface area contributed by atoms with E-state index in [4.69, 9.17) is 10.2 Å². The lowest BCUT2D eigenvalue weighted by Crippen LogP contribution is -2.12. The van der Waals surface area contributed by atoms with Crippen LogP contribution in [0.15, 0.2) is 4.42 Å². The Labute approximate surface area is 58.0 Å². The highest BCUT2D eigenvalue weighted by atomic mass is 16.4. The lowest BCUT2D eigenvalue weighted by molar-refractivity contribution is 0.0994. The molecule has 0 saturated carbocycles. The molecule has 4 nitrogen and oxygen atoms in total. The van der Waals surface area contributed by atoms with Crippen molar-refractivity contribution >= 4 is 5.91 Å². The zero-order chi connectivity index (χ0) is 7.72. The number of hydrogen-bond acceptors (Lipinski definition) is 3. The van der Waals surface area contributed by atoms with Crippen molar-refractivity contribution in [3.63, 3.8) is 0 Å². The van der Waals surface area contributed by atoms with Gasteiger partial charge in [0.1, 0.15) is 5.76 Å². The van der Waals surface area contributed by atoms with Crippen molar-refractivity contribution in [3.8, 4) is 0 Å². The average Bonchev–Trinajstić information content (AvgIpc) is 2.10. The van der Waals surface area contributed by atoms with Crippen LogP contribution in [0.5, 0.6) is 0 Å². The maximum Gasteiger partial charge on any atom is 0.270 e. The van der Waals surface area contributed by atoms with E-state index in [1.807, 2.05) is 0 Å². The minimum absolute atomic E-state index is 0.220. The van der Waals surface area contributed by atoms with Gasteiger partial charge in [-0.3, -0.25) is 4.79 Å². The summed E-state index contributed by atoms with van der Waals surface area (Å²) < 4.78 is 4.96. The lowest BCUT2D eigenvalue weighted by atomic mass is 10.3. The first-order valence-electron chi connectivity index (χ1n) is 2.85. The summed E-state index contributed by atoms with van der Waals surface area (Å²) in [5.74, 6) is 0.394. The standard InChI is InChI=1S/C6H8N2O2/c1-3-5(6(7)9)8-4(2)10-3/h1-2H3,(H2,7,9). The first-order valence-corrected chi connectivity index (χ1v) is 2.85. The summed E-state index contributed by atoms with van der Waals surface area (Å²) in [7, 11) is 0. The fourth-order valence-corrected chi connectivity index (χ4v) is 0.757. The van der Waals surface area contributed by atoms with Gasteiger partial charge < -0.3 is 10.2 Å². The normalized spacial score (nSPS) is 9.80. The third-order valence-electron chi connectivity index (χ3n) is 1.14. The molecule has 2 N–H and O–H groups in total. The molecule has 0 radical (unpaired) electrons. The number of carbonyl (C=O) groups excluding carboxylic acids is 1. The molecule has 0 aromatic carbocycles. The molecular formula is C6H8N2O2. The van der Waals surface area contributed by atoms with E-state index in [0.29, 0.717) is 11.7 Å². The Morgan fingerprint density at radius 1 is 1.60 bits per heavy atom. The third kappa shape index (κ3) is 1.00. The minimum Gasteiger partial charge on any atom is -0.445 e. The van der Waals surface area contributed by atoms with Crippen molar-refractivity contribution in [2.75, 3.05) is 0 Å². The van der Waals surface area contributed by atoms with Crippen LogP contribution >= 0.6 is 0 Å². The minimum atomic E-state index is -0.547. The van der Waals surface area contributed by atoms with Crippen LogP contribution in [0.4, 0.5) is 0 Å². The molecule has 1 heterocycles. The quantitative estimate of drug-likeness (QED) is 0.613. The molecule has 10 heavy (non-hydrogen) atoms. The van der Waals surface area contributed by atoms with Crippen molar-refractivity contribution in [1.29, 1.82) is 0 Å². The van der Waals surface area contributed by atoms with Crippen molar-refractivity contribution < 1.29 is 9.21 Å². The summed E-state index contributed by atoms with van der Waals surface area (Å²) in [5.41, 5.74) is 5.19. The number of carbonyl (C=O) groups is 1. The Morgan fingerprint density at radius 2 is 2.20 bits per heavy atom. The van der Waals surface area contributed by atoms with Gasteiger partial charge in [0.15, 0.2) is 11.6 Å².